The van der Waals surface area contributed by atoms with E-state index in [2.05, 4.69) is 16.9 Å². The zero-order chi connectivity index (χ0) is 29.2. The number of hydrogen-bond acceptors (Lipinski definition) is 8. The Kier molecular flexibility index (Phi) is 56.4. The van der Waals surface area contributed by atoms with Crippen LogP contribution in [0.2, 0.25) is 0 Å². The standard InChI is InChI=1S/C10H14O3S.C5H11N3O.C5H13NO.C3H8O.CH4.N3.Na/c1-3-8-13-14(11,12)10-6-4-9(2)5-7-10;1-2-4-9-5-3-7-8-6;1-2-4-7-5-3-6;1-2-3-4;;1-3-2;/h4-7H,3,8H2,1-2H3;2-5H2,1H3;2-6H2,1H3;4H,2-3H2,1H3;1H4;;/q;;;;;-1;+1. The van der Waals surface area contributed by atoms with Crippen LogP contribution in [0.4, 0.5) is 0 Å². The minimum absolute atomic E-state index is 0. The summed E-state index contributed by atoms with van der Waals surface area (Å²) in [7, 11) is -3.54. The van der Waals surface area contributed by atoms with Gasteiger partial charge in [0.05, 0.1) is 24.7 Å². The molecular weight excluding hydrogens is 537 g/mol. The van der Waals surface area contributed by atoms with E-state index in [4.69, 9.17) is 41.1 Å². The largest absolute Gasteiger partial charge is 1.00 e. The summed E-state index contributed by atoms with van der Waals surface area (Å²) in [6.45, 7) is 14.3. The Morgan fingerprint density at radius 3 is 1.67 bits per heavy atom. The minimum Gasteiger partial charge on any atom is -0.396 e. The quantitative estimate of drug-likeness (QED) is 0.0826. The molecule has 3 N–H and O–H groups in total. The average Bonchev–Trinajstić information content (AvgIpc) is 2.89. The zero-order valence-corrected chi connectivity index (χ0v) is 26.8. The van der Waals surface area contributed by atoms with Crippen molar-refractivity contribution in [1.82, 2.24) is 0 Å². The minimum atomic E-state index is -3.54. The van der Waals surface area contributed by atoms with Gasteiger partial charge in [0, 0.05) is 37.8 Å². The molecule has 0 bridgehead atoms. The number of aliphatic hydroxyl groups is 1. The predicted octanol–water partition coefficient (Wildman–Crippen LogP) is 3.10. The van der Waals surface area contributed by atoms with E-state index >= 15 is 0 Å². The van der Waals surface area contributed by atoms with Gasteiger partial charge in [-0.2, -0.15) is 8.42 Å². The van der Waals surface area contributed by atoms with Crippen LogP contribution in [-0.4, -0.2) is 66.3 Å². The van der Waals surface area contributed by atoms with E-state index in [0.29, 0.717) is 39.3 Å². The molecular formula is C24H50N7NaO6S. The summed E-state index contributed by atoms with van der Waals surface area (Å²) in [5, 5.41) is 11.2. The summed E-state index contributed by atoms with van der Waals surface area (Å²) in [6, 6.07) is 6.62. The SMILES string of the molecule is C.CCCO.CCCOCCN.CCCOCCN=[N+]=[N-].CCCOS(=O)(=O)c1ccc(C)cc1.[N-]=[N+]=[N-].[Na+]. The van der Waals surface area contributed by atoms with E-state index in [9.17, 15) is 8.42 Å². The maximum atomic E-state index is 11.5. The van der Waals surface area contributed by atoms with Crippen molar-refractivity contribution in [2.45, 2.75) is 72.6 Å². The molecule has 0 heterocycles. The summed E-state index contributed by atoms with van der Waals surface area (Å²) in [5.74, 6) is 0. The number of aliphatic hydroxyl groups excluding tert-OH is 1. The van der Waals surface area contributed by atoms with Crippen molar-refractivity contribution in [2.75, 3.05) is 52.7 Å². The maximum absolute atomic E-state index is 11.5. The fourth-order valence-corrected chi connectivity index (χ4v) is 2.68. The van der Waals surface area contributed by atoms with Gasteiger partial charge in [-0.05, 0) is 50.3 Å². The predicted molar refractivity (Wildman–Crippen MR) is 154 cm³/mol. The van der Waals surface area contributed by atoms with E-state index in [1.165, 1.54) is 4.91 Å². The molecule has 0 saturated heterocycles. The second kappa shape index (κ2) is 43.6. The number of nitrogens with zero attached hydrogens (tertiary/aromatic N) is 6. The van der Waals surface area contributed by atoms with Crippen molar-refractivity contribution >= 4 is 10.1 Å². The third-order valence-corrected chi connectivity index (χ3v) is 4.66. The van der Waals surface area contributed by atoms with E-state index in [-0.39, 0.29) is 48.5 Å². The monoisotopic (exact) mass is 587 g/mol. The molecule has 224 valence electrons. The number of aryl methyl sites for hydroxylation is 1. The number of hydrogen-bond donors (Lipinski definition) is 2. The average molecular weight is 588 g/mol. The summed E-state index contributed by atoms with van der Waals surface area (Å²) in [4.78, 5) is 4.30. The van der Waals surface area contributed by atoms with Gasteiger partial charge in [-0.1, -0.05) is 57.9 Å². The first kappa shape index (κ1) is 50.4. The van der Waals surface area contributed by atoms with Crippen LogP contribution in [0.25, 0.3) is 26.4 Å². The van der Waals surface area contributed by atoms with Gasteiger partial charge in [-0.15, -0.1) is 0 Å². The summed E-state index contributed by atoms with van der Waals surface area (Å²) in [6.07, 6.45) is 3.65. The first-order valence-electron chi connectivity index (χ1n) is 12.1. The summed E-state index contributed by atoms with van der Waals surface area (Å²) >= 11 is 0. The van der Waals surface area contributed by atoms with Gasteiger partial charge >= 0.3 is 29.6 Å². The number of nitrogens with two attached hydrogens (primary N) is 1. The summed E-state index contributed by atoms with van der Waals surface area (Å²) in [5.41, 5.74) is 27.5. The van der Waals surface area contributed by atoms with E-state index < -0.39 is 10.1 Å². The Balaban J connectivity index is -0.0000000953. The van der Waals surface area contributed by atoms with Crippen molar-refractivity contribution in [2.24, 2.45) is 10.8 Å². The molecule has 0 aromatic heterocycles. The van der Waals surface area contributed by atoms with Crippen LogP contribution in [0.15, 0.2) is 34.3 Å². The van der Waals surface area contributed by atoms with Gasteiger partial charge in [-0.25, -0.2) is 0 Å². The van der Waals surface area contributed by atoms with Gasteiger partial charge in [-0.3, -0.25) is 9.09 Å². The molecule has 0 atom stereocenters. The molecule has 0 radical (unpaired) electrons. The Bertz CT molecular complexity index is 770. The number of benzene rings is 1. The molecule has 0 spiro atoms. The molecule has 0 saturated carbocycles. The van der Waals surface area contributed by atoms with Gasteiger partial charge in [0.2, 0.25) is 0 Å². The van der Waals surface area contributed by atoms with Crippen LogP contribution in [0.5, 0.6) is 0 Å². The van der Waals surface area contributed by atoms with Gasteiger partial charge < -0.3 is 31.4 Å². The number of ether oxygens (including phenoxy) is 2. The Hall–Kier alpha value is -1.41. The number of azide groups is 1. The van der Waals surface area contributed by atoms with Crippen LogP contribution < -0.4 is 35.3 Å². The van der Waals surface area contributed by atoms with E-state index in [0.717, 1.165) is 38.0 Å². The molecule has 15 heteroatoms. The molecule has 13 nitrogen and oxygen atoms in total. The fourth-order valence-electron chi connectivity index (χ4n) is 1.69. The fraction of sp³-hybridized carbons (Fsp3) is 0.750. The smallest absolute Gasteiger partial charge is 0.396 e. The van der Waals surface area contributed by atoms with Gasteiger partial charge in [0.1, 0.15) is 0 Å². The first-order chi connectivity index (χ1) is 17.7. The van der Waals surface area contributed by atoms with E-state index in [1.807, 2.05) is 27.7 Å². The Morgan fingerprint density at radius 1 is 0.872 bits per heavy atom. The van der Waals surface area contributed by atoms with Gasteiger partial charge in [0.25, 0.3) is 10.1 Å². The van der Waals surface area contributed by atoms with Gasteiger partial charge in [0.15, 0.2) is 0 Å². The third kappa shape index (κ3) is 46.8. The number of rotatable bonds is 14. The van der Waals surface area contributed by atoms with Crippen LogP contribution in [0, 0.1) is 6.92 Å². The van der Waals surface area contributed by atoms with Crippen LogP contribution in [0.3, 0.4) is 0 Å². The summed E-state index contributed by atoms with van der Waals surface area (Å²) < 4.78 is 37.8. The maximum Gasteiger partial charge on any atom is 1.00 e. The molecule has 0 aliphatic rings. The third-order valence-electron chi connectivity index (χ3n) is 3.33. The Morgan fingerprint density at radius 2 is 1.31 bits per heavy atom. The second-order valence-corrected chi connectivity index (χ2v) is 8.49. The second-order valence-electron chi connectivity index (χ2n) is 6.87. The molecule has 0 aliphatic heterocycles. The normalized spacial score (nSPS) is 8.79. The van der Waals surface area contributed by atoms with Crippen LogP contribution >= 0.6 is 0 Å². The van der Waals surface area contributed by atoms with Crippen molar-refractivity contribution in [3.63, 3.8) is 0 Å². The molecule has 1 aromatic carbocycles. The van der Waals surface area contributed by atoms with Crippen molar-refractivity contribution < 1.29 is 56.7 Å². The molecule has 39 heavy (non-hydrogen) atoms. The molecule has 1 aromatic rings. The molecule has 0 amide bonds. The van der Waals surface area contributed by atoms with Crippen molar-refractivity contribution in [3.05, 3.63) is 56.2 Å². The van der Waals surface area contributed by atoms with Crippen molar-refractivity contribution in [3.8, 4) is 0 Å². The van der Waals surface area contributed by atoms with E-state index in [1.54, 1.807) is 24.3 Å². The molecule has 0 fully saturated rings. The first-order valence-corrected chi connectivity index (χ1v) is 13.5. The topological polar surface area (TPSA) is 216 Å². The Labute approximate surface area is 258 Å². The molecule has 0 unspecified atom stereocenters. The van der Waals surface area contributed by atoms with Crippen LogP contribution in [0.1, 0.15) is 66.4 Å². The molecule has 0 aliphatic carbocycles. The molecule has 1 rings (SSSR count). The van der Waals surface area contributed by atoms with Crippen LogP contribution in [-0.2, 0) is 23.8 Å². The zero-order valence-electron chi connectivity index (χ0n) is 24.0. The van der Waals surface area contributed by atoms with Crippen molar-refractivity contribution in [1.29, 1.82) is 0 Å².